The van der Waals surface area contributed by atoms with Gasteiger partial charge in [-0.25, -0.2) is 17.9 Å². The van der Waals surface area contributed by atoms with Gasteiger partial charge in [-0.05, 0) is 55.2 Å². The van der Waals surface area contributed by atoms with Crippen molar-refractivity contribution in [3.05, 3.63) is 66.2 Å². The van der Waals surface area contributed by atoms with E-state index in [9.17, 15) is 42.0 Å². The molecule has 17 heteroatoms. The molecule has 2 aromatic carbocycles. The van der Waals surface area contributed by atoms with Gasteiger partial charge in [-0.3, -0.25) is 28.8 Å². The van der Waals surface area contributed by atoms with E-state index in [-0.39, 0.29) is 49.1 Å². The highest BCUT2D eigenvalue weighted by Gasteiger charge is 2.46. The van der Waals surface area contributed by atoms with Crippen LogP contribution in [0.25, 0.3) is 0 Å². The molecule has 1 aliphatic carbocycles. The molecule has 0 aromatic heterocycles. The number of hydrogen-bond acceptors (Lipinski definition) is 10. The lowest BCUT2D eigenvalue weighted by Gasteiger charge is -2.34. The Hall–Kier alpha value is -5.16. The van der Waals surface area contributed by atoms with Crippen LogP contribution in [-0.4, -0.2) is 98.5 Å². The molecule has 58 heavy (non-hydrogen) atoms. The number of sulfonamides is 1. The molecule has 0 spiro atoms. The van der Waals surface area contributed by atoms with E-state index in [0.717, 1.165) is 19.3 Å². The van der Waals surface area contributed by atoms with Gasteiger partial charge >= 0.3 is 6.09 Å². The first-order valence-electron chi connectivity index (χ1n) is 19.9. The number of primary amides is 1. The Morgan fingerprint density at radius 3 is 2.14 bits per heavy atom. The zero-order chi connectivity index (χ0) is 42.4. The molecule has 1 saturated carbocycles. The van der Waals surface area contributed by atoms with Crippen LogP contribution in [0.3, 0.4) is 0 Å². The fourth-order valence-corrected chi connectivity index (χ4v) is 8.62. The van der Waals surface area contributed by atoms with Crippen molar-refractivity contribution in [2.45, 2.75) is 114 Å². The highest BCUT2D eigenvalue weighted by Crippen LogP contribution is 2.30. The second kappa shape index (κ2) is 21.6. The molecule has 1 aliphatic heterocycles. The minimum Gasteiger partial charge on any atom is -0.449 e. The van der Waals surface area contributed by atoms with Crippen molar-refractivity contribution in [1.29, 1.82) is 0 Å². The third-order valence-electron chi connectivity index (χ3n) is 10.3. The summed E-state index contributed by atoms with van der Waals surface area (Å²) in [7, 11) is -4.08. The van der Waals surface area contributed by atoms with Crippen molar-refractivity contribution in [3.8, 4) is 0 Å². The summed E-state index contributed by atoms with van der Waals surface area (Å²) in [6, 6.07) is 11.4. The topological polar surface area (TPSA) is 240 Å². The Balaban J connectivity index is 1.53. The number of ketones is 2. The van der Waals surface area contributed by atoms with Gasteiger partial charge in [0.2, 0.25) is 33.5 Å². The fourth-order valence-electron chi connectivity index (χ4n) is 7.36. The van der Waals surface area contributed by atoms with Gasteiger partial charge in [0.1, 0.15) is 12.1 Å². The van der Waals surface area contributed by atoms with Crippen LogP contribution >= 0.6 is 0 Å². The molecule has 5 amide bonds. The molecular formula is C41H56N6O10S. The first-order valence-corrected chi connectivity index (χ1v) is 21.4. The lowest BCUT2D eigenvalue weighted by atomic mass is 9.83. The molecule has 6 N–H and O–H groups in total. The highest BCUT2D eigenvalue weighted by atomic mass is 32.2. The molecule has 2 aromatic rings. The van der Waals surface area contributed by atoms with E-state index >= 15 is 0 Å². The number of carbonyl (C=O) groups is 7. The third-order valence-corrected chi connectivity index (χ3v) is 11.9. The quantitative estimate of drug-likeness (QED) is 0.122. The lowest BCUT2D eigenvalue weighted by Crippen LogP contribution is -2.58. The van der Waals surface area contributed by atoms with Gasteiger partial charge in [0.15, 0.2) is 5.78 Å². The standard InChI is InChI=1S/C41H56N6O10S/c1-4-14-33(36(49)39(52)43-23-30(48)22-32(37(42)50)27-15-8-5-9-16-27)44-38(51)34-21-29(46-58(55,56)31-19-12-7-13-20-31)24-47(34)40(53)35(28-17-10-6-11-18-28)45-41(54)57-25-26(2)3/h5,7-9,12-13,15-16,19-20,26,28-29,32-35,46H,4,6,10-11,14,17-18,21-25H2,1-3H3,(H2,42,50)(H,43,52)(H,44,51)(H,45,54)/t29-,32+,33+,34?,35?/m1/s1. The first kappa shape index (κ1) is 45.5. The Morgan fingerprint density at radius 1 is 0.897 bits per heavy atom. The number of nitrogens with one attached hydrogen (secondary N) is 4. The number of alkyl carbamates (subject to hydrolysis) is 1. The van der Waals surface area contributed by atoms with Crippen LogP contribution in [0.4, 0.5) is 4.79 Å². The molecule has 2 unspecified atom stereocenters. The molecule has 2 fully saturated rings. The van der Waals surface area contributed by atoms with E-state index in [1.165, 1.54) is 17.0 Å². The summed E-state index contributed by atoms with van der Waals surface area (Å²) >= 11 is 0. The Labute approximate surface area is 339 Å². The van der Waals surface area contributed by atoms with Gasteiger partial charge in [-0.15, -0.1) is 0 Å². The SMILES string of the molecule is CCC[C@H](NC(=O)C1C[C@@H](NS(=O)(=O)c2ccccc2)CN1C(=O)C(NC(=O)OCC(C)C)C1CCCCC1)C(=O)C(=O)NCC(=O)C[C@H](C(N)=O)c1ccccc1. The highest BCUT2D eigenvalue weighted by molar-refractivity contribution is 7.89. The molecule has 16 nitrogen and oxygen atoms in total. The smallest absolute Gasteiger partial charge is 0.407 e. The Bertz CT molecular complexity index is 1870. The van der Waals surface area contributed by atoms with Gasteiger partial charge in [0.05, 0.1) is 30.0 Å². The minimum atomic E-state index is -4.08. The van der Waals surface area contributed by atoms with Crippen molar-refractivity contribution in [3.63, 3.8) is 0 Å². The number of Topliss-reactive ketones (excluding diaryl/α,β-unsaturated/α-hetero) is 2. The van der Waals surface area contributed by atoms with Crippen LogP contribution in [-0.2, 0) is 43.5 Å². The second-order valence-corrected chi connectivity index (χ2v) is 17.1. The summed E-state index contributed by atoms with van der Waals surface area (Å²) in [6.07, 6.45) is 3.01. The second-order valence-electron chi connectivity index (χ2n) is 15.4. The van der Waals surface area contributed by atoms with Crippen LogP contribution < -0.4 is 26.4 Å². The lowest BCUT2D eigenvalue weighted by molar-refractivity contribution is -0.143. The van der Waals surface area contributed by atoms with Crippen molar-refractivity contribution < 1.29 is 46.7 Å². The van der Waals surface area contributed by atoms with E-state index < -0.39 is 87.9 Å². The summed E-state index contributed by atoms with van der Waals surface area (Å²) in [5, 5.41) is 7.63. The Morgan fingerprint density at radius 2 is 1.53 bits per heavy atom. The van der Waals surface area contributed by atoms with Gasteiger partial charge < -0.3 is 31.3 Å². The molecule has 4 rings (SSSR count). The summed E-state index contributed by atoms with van der Waals surface area (Å²) in [5.41, 5.74) is 6.05. The van der Waals surface area contributed by atoms with Crippen molar-refractivity contribution in [2.75, 3.05) is 19.7 Å². The number of amides is 5. The van der Waals surface area contributed by atoms with Crippen LogP contribution in [0.15, 0.2) is 65.6 Å². The molecule has 316 valence electrons. The van der Waals surface area contributed by atoms with E-state index in [0.29, 0.717) is 24.8 Å². The number of nitrogens with two attached hydrogens (primary N) is 1. The minimum absolute atomic E-state index is 0.0151. The van der Waals surface area contributed by atoms with E-state index in [1.807, 2.05) is 13.8 Å². The van der Waals surface area contributed by atoms with Crippen molar-refractivity contribution in [2.24, 2.45) is 17.6 Å². The molecule has 2 aliphatic rings. The number of rotatable bonds is 20. The zero-order valence-corrected chi connectivity index (χ0v) is 34.1. The molecule has 5 atom stereocenters. The van der Waals surface area contributed by atoms with Crippen LogP contribution in [0.1, 0.15) is 90.0 Å². The first-order chi connectivity index (χ1) is 27.6. The van der Waals surface area contributed by atoms with Crippen LogP contribution in [0.2, 0.25) is 0 Å². The van der Waals surface area contributed by atoms with Crippen LogP contribution in [0.5, 0.6) is 0 Å². The number of benzene rings is 2. The summed E-state index contributed by atoms with van der Waals surface area (Å²) in [5.74, 6) is -6.04. The number of nitrogens with zero attached hydrogens (tertiary/aromatic N) is 1. The number of ether oxygens (including phenoxy) is 1. The predicted molar refractivity (Wildman–Crippen MR) is 213 cm³/mol. The average Bonchev–Trinajstić information content (AvgIpc) is 3.63. The molecular weight excluding hydrogens is 769 g/mol. The van der Waals surface area contributed by atoms with Gasteiger partial charge in [0, 0.05) is 19.0 Å². The van der Waals surface area contributed by atoms with Gasteiger partial charge in [-0.1, -0.05) is 95.0 Å². The average molecular weight is 825 g/mol. The maximum Gasteiger partial charge on any atom is 0.407 e. The summed E-state index contributed by atoms with van der Waals surface area (Å²) in [6.45, 7) is 4.80. The Kier molecular flexibility index (Phi) is 16.9. The zero-order valence-electron chi connectivity index (χ0n) is 33.3. The van der Waals surface area contributed by atoms with E-state index in [1.54, 1.807) is 55.5 Å². The maximum atomic E-state index is 14.5. The fraction of sp³-hybridized carbons (Fsp3) is 0.537. The largest absolute Gasteiger partial charge is 0.449 e. The molecule has 0 radical (unpaired) electrons. The predicted octanol–water partition coefficient (Wildman–Crippen LogP) is 2.46. The van der Waals surface area contributed by atoms with Crippen molar-refractivity contribution in [1.82, 2.24) is 25.6 Å². The maximum absolute atomic E-state index is 14.5. The molecule has 1 heterocycles. The number of hydrogen-bond donors (Lipinski definition) is 5. The van der Waals surface area contributed by atoms with Crippen molar-refractivity contribution >= 4 is 51.3 Å². The summed E-state index contributed by atoms with van der Waals surface area (Å²) < 4.78 is 34.7. The van der Waals surface area contributed by atoms with Gasteiger partial charge in [0.25, 0.3) is 5.91 Å². The number of carbonyl (C=O) groups excluding carboxylic acids is 7. The van der Waals surface area contributed by atoms with Gasteiger partial charge in [-0.2, -0.15) is 0 Å². The third kappa shape index (κ3) is 12.9. The molecule has 1 saturated heterocycles. The number of likely N-dealkylation sites (tertiary alicyclic amines) is 1. The normalized spacial score (nSPS) is 18.7. The van der Waals surface area contributed by atoms with Crippen LogP contribution in [0, 0.1) is 11.8 Å². The van der Waals surface area contributed by atoms with E-state index in [4.69, 9.17) is 10.5 Å². The van der Waals surface area contributed by atoms with E-state index in [2.05, 4.69) is 20.7 Å². The monoisotopic (exact) mass is 824 g/mol. The summed E-state index contributed by atoms with van der Waals surface area (Å²) in [4.78, 5) is 94.3. The molecule has 0 bridgehead atoms.